The maximum Gasteiger partial charge on any atom is 0.271 e. The highest BCUT2D eigenvalue weighted by atomic mass is 32.2. The maximum absolute atomic E-state index is 12.1. The van der Waals surface area contributed by atoms with Crippen LogP contribution in [0.2, 0.25) is 0 Å². The highest BCUT2D eigenvalue weighted by Gasteiger charge is 2.53. The van der Waals surface area contributed by atoms with Gasteiger partial charge in [-0.2, -0.15) is 8.42 Å². The number of nitrogens with zero attached hydrogens (tertiary/aromatic N) is 1. The molecular formula is C22H34N2O3S. The number of benzene rings is 1. The molecule has 1 aromatic rings. The number of rotatable bonds is 6. The molecule has 0 bridgehead atoms. The van der Waals surface area contributed by atoms with Gasteiger partial charge in [-0.3, -0.25) is 4.55 Å². The van der Waals surface area contributed by atoms with Crippen molar-refractivity contribution in [3.63, 3.8) is 0 Å². The van der Waals surface area contributed by atoms with Gasteiger partial charge in [-0.1, -0.05) is 44.7 Å². The molecule has 1 aromatic carbocycles. The van der Waals surface area contributed by atoms with E-state index in [0.29, 0.717) is 31.0 Å². The zero-order valence-corrected chi connectivity index (χ0v) is 18.1. The van der Waals surface area contributed by atoms with Crippen molar-refractivity contribution in [3.8, 4) is 0 Å². The minimum absolute atomic E-state index is 0.150. The number of piperidine rings is 1. The molecule has 0 saturated carbocycles. The molecule has 1 aliphatic carbocycles. The van der Waals surface area contributed by atoms with Gasteiger partial charge in [0.25, 0.3) is 10.1 Å². The van der Waals surface area contributed by atoms with E-state index in [1.807, 2.05) is 7.05 Å². The van der Waals surface area contributed by atoms with Gasteiger partial charge in [-0.05, 0) is 50.4 Å². The molecule has 1 saturated heterocycles. The molecular weight excluding hydrogens is 372 g/mol. The normalized spacial score (nSPS) is 34.6. The highest BCUT2D eigenvalue weighted by molar-refractivity contribution is 7.87. The summed E-state index contributed by atoms with van der Waals surface area (Å²) in [4.78, 5) is 2.18. The molecule has 0 aromatic heterocycles. The van der Waals surface area contributed by atoms with Crippen LogP contribution in [0, 0.1) is 0 Å². The molecule has 28 heavy (non-hydrogen) atoms. The van der Waals surface area contributed by atoms with Crippen LogP contribution in [0.5, 0.6) is 0 Å². The van der Waals surface area contributed by atoms with E-state index in [1.165, 1.54) is 48.9 Å². The van der Waals surface area contributed by atoms with E-state index in [-0.39, 0.29) is 5.92 Å². The Hall–Kier alpha value is -1.11. The second-order valence-electron chi connectivity index (χ2n) is 9.47. The van der Waals surface area contributed by atoms with Gasteiger partial charge in [-0.25, -0.2) is 0 Å². The van der Waals surface area contributed by atoms with Gasteiger partial charge in [0.15, 0.2) is 0 Å². The monoisotopic (exact) mass is 406 g/mol. The number of fused-ring (bicyclic) bond motifs is 2. The van der Waals surface area contributed by atoms with Crippen LogP contribution in [-0.2, 0) is 10.1 Å². The summed E-state index contributed by atoms with van der Waals surface area (Å²) in [6, 6.07) is 7.28. The molecule has 156 valence electrons. The minimum Gasteiger partial charge on any atom is -0.381 e. The van der Waals surface area contributed by atoms with Crippen molar-refractivity contribution < 1.29 is 13.0 Å². The van der Waals surface area contributed by atoms with Gasteiger partial charge in [0.05, 0.1) is 0 Å². The van der Waals surface area contributed by atoms with Crippen LogP contribution in [0.15, 0.2) is 18.2 Å². The van der Waals surface area contributed by atoms with Crippen molar-refractivity contribution in [2.75, 3.05) is 18.9 Å². The molecule has 0 amide bonds. The lowest BCUT2D eigenvalue weighted by Gasteiger charge is -2.50. The van der Waals surface area contributed by atoms with Crippen LogP contribution in [-0.4, -0.2) is 48.3 Å². The number of nitrogens with one attached hydrogen (secondary N) is 1. The fourth-order valence-electron chi connectivity index (χ4n) is 6.02. The van der Waals surface area contributed by atoms with E-state index < -0.39 is 14.9 Å². The van der Waals surface area contributed by atoms with E-state index in [9.17, 15) is 13.0 Å². The van der Waals surface area contributed by atoms with Crippen LogP contribution in [0.3, 0.4) is 0 Å². The largest absolute Gasteiger partial charge is 0.381 e. The van der Waals surface area contributed by atoms with Crippen LogP contribution in [0.1, 0.15) is 81.8 Å². The Bertz CT molecular complexity index is 840. The highest BCUT2D eigenvalue weighted by Crippen LogP contribution is 2.54. The maximum atomic E-state index is 12.1. The smallest absolute Gasteiger partial charge is 0.271 e. The Balaban J connectivity index is 1.64. The van der Waals surface area contributed by atoms with Gasteiger partial charge in [-0.15, -0.1) is 0 Å². The first kappa shape index (κ1) is 20.2. The number of hydrogen-bond donors (Lipinski definition) is 2. The molecule has 3 unspecified atom stereocenters. The van der Waals surface area contributed by atoms with E-state index in [4.69, 9.17) is 0 Å². The van der Waals surface area contributed by atoms with Crippen LogP contribution >= 0.6 is 0 Å². The molecule has 5 nitrogen and oxygen atoms in total. The second kappa shape index (κ2) is 7.29. The standard InChI is InChI=1S/C22H34N2O3S/c1-4-5-6-7-10-18-16-12-20-17(15-9-8-11-19(23-18)21(15)16)13-22(2,14-24(20)3)28(25,26)27/h8-9,11,16-18,20,23H,4-7,10,12-14H2,1-3H3,(H,25,26,27)/t16?,17-,18?,20-,22?/m1/s1. The number of likely N-dealkylation sites (N-methyl/N-ethyl adjacent to an activating group) is 1. The molecule has 0 radical (unpaired) electrons. The molecule has 5 atom stereocenters. The van der Waals surface area contributed by atoms with Crippen LogP contribution < -0.4 is 5.32 Å². The lowest BCUT2D eigenvalue weighted by atomic mass is 9.67. The van der Waals surface area contributed by atoms with Crippen molar-refractivity contribution in [1.82, 2.24) is 4.90 Å². The fourth-order valence-corrected chi connectivity index (χ4v) is 6.78. The third-order valence-electron chi connectivity index (χ3n) is 7.49. The van der Waals surface area contributed by atoms with Gasteiger partial charge in [0.2, 0.25) is 0 Å². The average Bonchev–Trinajstić information content (AvgIpc) is 2.98. The van der Waals surface area contributed by atoms with Crippen LogP contribution in [0.4, 0.5) is 5.69 Å². The lowest BCUT2D eigenvalue weighted by molar-refractivity contribution is 0.105. The van der Waals surface area contributed by atoms with E-state index in [0.717, 1.165) is 6.42 Å². The lowest BCUT2D eigenvalue weighted by Crippen LogP contribution is -2.57. The van der Waals surface area contributed by atoms with E-state index in [1.54, 1.807) is 6.92 Å². The Morgan fingerprint density at radius 3 is 2.75 bits per heavy atom. The minimum atomic E-state index is -4.11. The molecule has 2 heterocycles. The summed E-state index contributed by atoms with van der Waals surface area (Å²) in [6.45, 7) is 4.33. The third kappa shape index (κ3) is 3.27. The van der Waals surface area contributed by atoms with E-state index in [2.05, 4.69) is 35.3 Å². The fraction of sp³-hybridized carbons (Fsp3) is 0.727. The number of anilines is 1. The van der Waals surface area contributed by atoms with Crippen molar-refractivity contribution in [1.29, 1.82) is 0 Å². The first-order chi connectivity index (χ1) is 13.2. The number of hydrogen-bond acceptors (Lipinski definition) is 4. The Labute approximate surface area is 169 Å². The summed E-state index contributed by atoms with van der Waals surface area (Å²) in [7, 11) is -2.08. The van der Waals surface area contributed by atoms with E-state index >= 15 is 0 Å². The number of unbranched alkanes of at least 4 members (excludes halogenated alkanes) is 3. The Morgan fingerprint density at radius 2 is 2.04 bits per heavy atom. The molecule has 2 aliphatic heterocycles. The first-order valence-electron chi connectivity index (χ1n) is 10.8. The summed E-state index contributed by atoms with van der Waals surface area (Å²) in [6.07, 6.45) is 7.87. The summed E-state index contributed by atoms with van der Waals surface area (Å²) in [5.74, 6) is 0.657. The van der Waals surface area contributed by atoms with Gasteiger partial charge in [0, 0.05) is 36.2 Å². The summed E-state index contributed by atoms with van der Waals surface area (Å²) >= 11 is 0. The predicted molar refractivity (Wildman–Crippen MR) is 114 cm³/mol. The SMILES string of the molecule is CCCCCCC1Nc2cccc3c2C1C[C@@H]1[C@@H]3CC(C)(S(=O)(=O)O)CN1C. The van der Waals surface area contributed by atoms with Crippen LogP contribution in [0.25, 0.3) is 0 Å². The average molecular weight is 407 g/mol. The van der Waals surface area contributed by atoms with Gasteiger partial charge < -0.3 is 10.2 Å². The Kier molecular flexibility index (Phi) is 5.26. The summed E-state index contributed by atoms with van der Waals surface area (Å²) < 4.78 is 33.0. The topological polar surface area (TPSA) is 69.6 Å². The summed E-state index contributed by atoms with van der Waals surface area (Å²) in [5, 5.41) is 3.78. The quantitative estimate of drug-likeness (QED) is 0.542. The summed E-state index contributed by atoms with van der Waals surface area (Å²) in [5.41, 5.74) is 3.95. The molecule has 4 rings (SSSR count). The molecule has 3 aliphatic rings. The zero-order valence-electron chi connectivity index (χ0n) is 17.3. The van der Waals surface area contributed by atoms with Crippen molar-refractivity contribution >= 4 is 15.8 Å². The van der Waals surface area contributed by atoms with Crippen molar-refractivity contribution in [2.45, 2.75) is 87.5 Å². The molecule has 0 spiro atoms. The Morgan fingerprint density at radius 1 is 1.25 bits per heavy atom. The second-order valence-corrected chi connectivity index (χ2v) is 11.4. The third-order valence-corrected chi connectivity index (χ3v) is 9.03. The van der Waals surface area contributed by atoms with Crippen molar-refractivity contribution in [3.05, 3.63) is 29.3 Å². The van der Waals surface area contributed by atoms with Crippen molar-refractivity contribution in [2.24, 2.45) is 0 Å². The number of likely N-dealkylation sites (tertiary alicyclic amines) is 1. The molecule has 6 heteroatoms. The first-order valence-corrected chi connectivity index (χ1v) is 12.3. The zero-order chi connectivity index (χ0) is 20.1. The molecule has 1 fully saturated rings. The predicted octanol–water partition coefficient (Wildman–Crippen LogP) is 4.37. The van der Waals surface area contributed by atoms with Gasteiger partial charge >= 0.3 is 0 Å². The molecule has 2 N–H and O–H groups in total. The van der Waals surface area contributed by atoms with Gasteiger partial charge in [0.1, 0.15) is 4.75 Å².